The summed E-state index contributed by atoms with van der Waals surface area (Å²) < 4.78 is 16.7. The molecule has 0 bridgehead atoms. The van der Waals surface area contributed by atoms with Gasteiger partial charge in [0.15, 0.2) is 0 Å². The van der Waals surface area contributed by atoms with Crippen LogP contribution in [0.1, 0.15) is 1.37 Å². The van der Waals surface area contributed by atoms with Crippen LogP contribution in [0.2, 0.25) is 0 Å². The second-order valence-electron chi connectivity index (χ2n) is 0.134. The number of halogens is 1. The summed E-state index contributed by atoms with van der Waals surface area (Å²) in [5, 5.41) is 0. The van der Waals surface area contributed by atoms with Crippen molar-refractivity contribution in [1.82, 2.24) is 0 Å². The molecule has 0 spiro atoms. The Morgan fingerprint density at radius 1 is 2.25 bits per heavy atom. The molecule has 3 heteroatoms. The largest absolute Gasteiger partial charge is 0.231 e. The van der Waals surface area contributed by atoms with Gasteiger partial charge in [0.05, 0.1) is 8.89 Å². The van der Waals surface area contributed by atoms with Crippen molar-refractivity contribution < 1.29 is 36.7 Å². The van der Waals surface area contributed by atoms with E-state index in [1.54, 1.807) is 0 Å². The predicted molar refractivity (Wildman–Crippen MR) is 15.3 cm³/mol. The van der Waals surface area contributed by atoms with E-state index in [9.17, 15) is 4.20 Å². The minimum Gasteiger partial charge on any atom is -0.231 e. The zero-order valence-electron chi connectivity index (χ0n) is 3.09. The second kappa shape index (κ2) is 8.83. The van der Waals surface area contributed by atoms with E-state index in [0.717, 1.165) is 0 Å². The molecular weight excluding hydrogens is 300 g/mol. The molecule has 0 aliphatic carbocycles. The van der Waals surface area contributed by atoms with Gasteiger partial charge in [0.1, 0.15) is 0 Å². The van der Waals surface area contributed by atoms with Crippen molar-refractivity contribution >= 4 is 8.89 Å². The number of hydrogen-bond donors (Lipinski definition) is 0. The third-order valence-electron chi connectivity index (χ3n) is 0. The van der Waals surface area contributed by atoms with Gasteiger partial charge >= 0.3 is 0 Å². The summed E-state index contributed by atoms with van der Waals surface area (Å²) in [6.45, 7) is -0.0694. The molecule has 0 radical (unpaired) electrons. The molecule has 0 saturated carbocycles. The predicted octanol–water partition coefficient (Wildman–Crippen LogP) is 1.18. The fourth-order valence-electron chi connectivity index (χ4n) is 0. The SMILES string of the molecule is [2H]CPF.[U]. The molecule has 0 aliphatic rings. The van der Waals surface area contributed by atoms with E-state index in [1.165, 1.54) is 0 Å². The second-order valence-corrected chi connectivity index (χ2v) is 0.401. The normalized spacial score (nSPS) is 10.8. The van der Waals surface area contributed by atoms with Crippen molar-refractivity contribution in [3.8, 4) is 0 Å². The summed E-state index contributed by atoms with van der Waals surface area (Å²) >= 11 is 0. The van der Waals surface area contributed by atoms with Gasteiger partial charge in [-0.1, -0.05) is 0 Å². The summed E-state index contributed by atoms with van der Waals surface area (Å²) in [6.07, 6.45) is 0. The topological polar surface area (TPSA) is 0 Å². The van der Waals surface area contributed by atoms with Crippen LogP contribution in [0.5, 0.6) is 0 Å². The Hall–Kier alpha value is 1.41. The van der Waals surface area contributed by atoms with Crippen LogP contribution in [-0.2, 0) is 0 Å². The average molecular weight is 305 g/mol. The van der Waals surface area contributed by atoms with Gasteiger partial charge in [-0.3, -0.25) is 0 Å². The van der Waals surface area contributed by atoms with E-state index in [0.29, 0.717) is 0 Å². The van der Waals surface area contributed by atoms with Crippen LogP contribution in [0, 0.1) is 31.1 Å². The average Bonchev–Trinajstić information content (AvgIpc) is 1.37. The van der Waals surface area contributed by atoms with Crippen LogP contribution >= 0.6 is 8.89 Å². The minimum atomic E-state index is -0.693. The van der Waals surface area contributed by atoms with E-state index in [1.807, 2.05) is 0 Å². The van der Waals surface area contributed by atoms with Crippen molar-refractivity contribution in [2.45, 2.75) is 0 Å². The van der Waals surface area contributed by atoms with Crippen molar-refractivity contribution in [2.24, 2.45) is 0 Å². The summed E-state index contributed by atoms with van der Waals surface area (Å²) in [6, 6.07) is 0. The number of hydrogen-bond acceptors (Lipinski definition) is 0. The van der Waals surface area contributed by atoms with Gasteiger partial charge in [-0.05, 0) is 6.64 Å². The van der Waals surface area contributed by atoms with Crippen molar-refractivity contribution in [2.75, 3.05) is 6.64 Å². The molecule has 0 nitrogen and oxygen atoms in total. The maximum atomic E-state index is 10.6. The molecule has 0 aliphatic heterocycles. The molecule has 0 rings (SSSR count). The van der Waals surface area contributed by atoms with Gasteiger partial charge in [-0.2, -0.15) is 0 Å². The van der Waals surface area contributed by atoms with Gasteiger partial charge in [-0.15, -0.1) is 0 Å². The molecule has 0 saturated heterocycles. The van der Waals surface area contributed by atoms with Crippen LogP contribution in [-0.4, -0.2) is 6.64 Å². The first-order valence-corrected chi connectivity index (χ1v) is 1.63. The Bertz CT molecular complexity index is 13.6. The Morgan fingerprint density at radius 3 is 2.50 bits per heavy atom. The van der Waals surface area contributed by atoms with Gasteiger partial charge in [0, 0.05) is 32.5 Å². The third kappa shape index (κ3) is 9.96. The molecule has 24 valence electrons. The molecule has 0 aromatic heterocycles. The van der Waals surface area contributed by atoms with Gasteiger partial charge in [0.2, 0.25) is 0 Å². The maximum absolute atomic E-state index is 10.6. The zero-order valence-corrected chi connectivity index (χ0v) is 7.25. The quantitative estimate of drug-likeness (QED) is 0.590. The molecule has 0 aromatic carbocycles. The Balaban J connectivity index is 0. The Morgan fingerprint density at radius 2 is 2.50 bits per heavy atom. The van der Waals surface area contributed by atoms with Crippen LogP contribution < -0.4 is 0 Å². The molecule has 1 unspecified atom stereocenters. The standard InChI is InChI=1S/CH4FP.U/c1-3-2;/h3H,1H3;/i1D;. The van der Waals surface area contributed by atoms with Gasteiger partial charge < -0.3 is 0 Å². The first-order chi connectivity index (χ1) is 1.91. The summed E-state index contributed by atoms with van der Waals surface area (Å²) in [5.41, 5.74) is 0. The van der Waals surface area contributed by atoms with Gasteiger partial charge in [-0.25, -0.2) is 4.20 Å². The Kier molecular flexibility index (Phi) is 11.9. The summed E-state index contributed by atoms with van der Waals surface area (Å²) in [5.74, 6) is 0. The fourth-order valence-corrected chi connectivity index (χ4v) is 0. The smallest absolute Gasteiger partial charge is 0.0639 e. The van der Waals surface area contributed by atoms with Crippen molar-refractivity contribution in [1.29, 1.82) is 0 Å². The molecule has 1 atom stereocenters. The van der Waals surface area contributed by atoms with E-state index in [-0.39, 0.29) is 37.8 Å². The minimum absolute atomic E-state index is 0. The van der Waals surface area contributed by atoms with Crippen molar-refractivity contribution in [3.05, 3.63) is 0 Å². The molecular formula is CH4FPU. The van der Waals surface area contributed by atoms with Gasteiger partial charge in [0.25, 0.3) is 0 Å². The molecule has 0 heterocycles. The monoisotopic (exact) mass is 305 g/mol. The Labute approximate surface area is 52.2 Å². The third-order valence-corrected chi connectivity index (χ3v) is 0. The van der Waals surface area contributed by atoms with E-state index in [2.05, 4.69) is 0 Å². The van der Waals surface area contributed by atoms with Crippen LogP contribution in [0.3, 0.4) is 0 Å². The summed E-state index contributed by atoms with van der Waals surface area (Å²) in [7, 11) is -0.693. The zero-order chi connectivity index (χ0) is 3.41. The first kappa shape index (κ1) is 5.41. The molecule has 0 aromatic rings. The summed E-state index contributed by atoms with van der Waals surface area (Å²) in [4.78, 5) is 0. The van der Waals surface area contributed by atoms with Crippen LogP contribution in [0.25, 0.3) is 0 Å². The van der Waals surface area contributed by atoms with E-state index < -0.39 is 8.89 Å². The molecule has 4 heavy (non-hydrogen) atoms. The maximum Gasteiger partial charge on any atom is 0.0639 e. The first-order valence-electron chi connectivity index (χ1n) is 1.25. The van der Waals surface area contributed by atoms with E-state index >= 15 is 0 Å². The number of rotatable bonds is 0. The molecule has 0 N–H and O–H groups in total. The van der Waals surface area contributed by atoms with Crippen LogP contribution in [0.4, 0.5) is 4.20 Å². The van der Waals surface area contributed by atoms with E-state index in [4.69, 9.17) is 1.37 Å². The molecule has 0 fully saturated rings. The molecule has 0 amide bonds. The fraction of sp³-hybridized carbons (Fsp3) is 1.00. The van der Waals surface area contributed by atoms with Crippen LogP contribution in [0.15, 0.2) is 0 Å². The van der Waals surface area contributed by atoms with Crippen molar-refractivity contribution in [3.63, 3.8) is 0 Å².